The van der Waals surface area contributed by atoms with E-state index in [1.54, 1.807) is 11.3 Å². The van der Waals surface area contributed by atoms with Crippen molar-refractivity contribution in [2.75, 3.05) is 6.54 Å². The first kappa shape index (κ1) is 14.6. The van der Waals surface area contributed by atoms with Gasteiger partial charge in [0.15, 0.2) is 5.96 Å². The lowest BCUT2D eigenvalue weighted by atomic mass is 10.2. The number of fused-ring (bicyclic) bond motifs is 1. The lowest BCUT2D eigenvalue weighted by Crippen LogP contribution is -2.38. The Kier molecular flexibility index (Phi) is 4.60. The van der Waals surface area contributed by atoms with Crippen LogP contribution in [0, 0.1) is 0 Å². The van der Waals surface area contributed by atoms with Gasteiger partial charge in [-0.25, -0.2) is 4.98 Å². The van der Waals surface area contributed by atoms with E-state index in [1.165, 1.54) is 25.7 Å². The average Bonchev–Trinajstić information content (AvgIpc) is 3.07. The molecule has 112 valence electrons. The van der Waals surface area contributed by atoms with E-state index in [0.717, 1.165) is 26.7 Å². The van der Waals surface area contributed by atoms with E-state index in [9.17, 15) is 0 Å². The molecule has 1 aromatic carbocycles. The Morgan fingerprint density at radius 2 is 2.24 bits per heavy atom. The summed E-state index contributed by atoms with van der Waals surface area (Å²) in [4.78, 5) is 8.97. The van der Waals surface area contributed by atoms with Crippen LogP contribution in [0.25, 0.3) is 10.2 Å². The maximum Gasteiger partial charge on any atom is 0.188 e. The molecule has 0 spiro atoms. The van der Waals surface area contributed by atoms with Crippen molar-refractivity contribution in [2.45, 2.75) is 38.1 Å². The number of hydrogen-bond donors (Lipinski definition) is 2. The van der Waals surface area contributed by atoms with E-state index in [0.29, 0.717) is 18.5 Å². The SMILES string of the molecule is NC(=NCCc1nc2cc(Cl)ccc2s1)NC1CCCC1. The van der Waals surface area contributed by atoms with Crippen molar-refractivity contribution in [2.24, 2.45) is 10.7 Å². The highest BCUT2D eigenvalue weighted by molar-refractivity contribution is 7.18. The lowest BCUT2D eigenvalue weighted by Gasteiger charge is -2.11. The zero-order chi connectivity index (χ0) is 14.7. The maximum absolute atomic E-state index is 5.97. The Morgan fingerprint density at radius 1 is 1.43 bits per heavy atom. The number of nitrogens with two attached hydrogens (primary N) is 1. The Hall–Kier alpha value is -1.33. The quantitative estimate of drug-likeness (QED) is 0.670. The van der Waals surface area contributed by atoms with Crippen LogP contribution in [0.5, 0.6) is 0 Å². The standard InChI is InChI=1S/C15H19ClN4S/c16-10-5-6-13-12(9-10)20-14(21-13)7-8-18-15(17)19-11-3-1-2-4-11/h5-6,9,11H,1-4,7-8H2,(H3,17,18,19). The molecule has 0 saturated heterocycles. The minimum Gasteiger partial charge on any atom is -0.370 e. The van der Waals surface area contributed by atoms with E-state index >= 15 is 0 Å². The topological polar surface area (TPSA) is 63.3 Å². The lowest BCUT2D eigenvalue weighted by molar-refractivity contribution is 0.625. The number of aliphatic imine (C=N–C) groups is 1. The molecule has 0 atom stereocenters. The van der Waals surface area contributed by atoms with Gasteiger partial charge in [-0.05, 0) is 31.0 Å². The van der Waals surface area contributed by atoms with Crippen LogP contribution in [-0.4, -0.2) is 23.5 Å². The van der Waals surface area contributed by atoms with Crippen molar-refractivity contribution >= 4 is 39.1 Å². The molecule has 1 saturated carbocycles. The fourth-order valence-electron chi connectivity index (χ4n) is 2.65. The number of aromatic nitrogens is 1. The smallest absolute Gasteiger partial charge is 0.188 e. The Bertz CT molecular complexity index is 646. The summed E-state index contributed by atoms with van der Waals surface area (Å²) in [6.45, 7) is 0.666. The van der Waals surface area contributed by atoms with Crippen LogP contribution < -0.4 is 11.1 Å². The summed E-state index contributed by atoms with van der Waals surface area (Å²) in [7, 11) is 0. The number of nitrogens with zero attached hydrogens (tertiary/aromatic N) is 2. The summed E-state index contributed by atoms with van der Waals surface area (Å²) in [5.74, 6) is 0.561. The summed E-state index contributed by atoms with van der Waals surface area (Å²) in [6.07, 6.45) is 5.80. The second-order valence-electron chi connectivity index (χ2n) is 5.36. The van der Waals surface area contributed by atoms with Crippen LogP contribution >= 0.6 is 22.9 Å². The minimum atomic E-state index is 0.512. The molecule has 0 aliphatic heterocycles. The van der Waals surface area contributed by atoms with E-state index in [1.807, 2.05) is 18.2 Å². The highest BCUT2D eigenvalue weighted by atomic mass is 35.5. The predicted molar refractivity (Wildman–Crippen MR) is 90.2 cm³/mol. The van der Waals surface area contributed by atoms with Crippen LogP contribution in [0.15, 0.2) is 23.2 Å². The first-order valence-electron chi connectivity index (χ1n) is 7.32. The number of rotatable bonds is 4. The van der Waals surface area contributed by atoms with Crippen molar-refractivity contribution < 1.29 is 0 Å². The van der Waals surface area contributed by atoms with E-state index in [2.05, 4.69) is 15.3 Å². The number of halogens is 1. The number of hydrogen-bond acceptors (Lipinski definition) is 3. The van der Waals surface area contributed by atoms with Crippen molar-refractivity contribution in [3.63, 3.8) is 0 Å². The van der Waals surface area contributed by atoms with Crippen molar-refractivity contribution in [1.29, 1.82) is 0 Å². The van der Waals surface area contributed by atoms with Gasteiger partial charge in [0.2, 0.25) is 0 Å². The second kappa shape index (κ2) is 6.62. The molecule has 1 heterocycles. The highest BCUT2D eigenvalue weighted by Crippen LogP contribution is 2.25. The van der Waals surface area contributed by atoms with E-state index in [4.69, 9.17) is 17.3 Å². The first-order valence-corrected chi connectivity index (χ1v) is 8.51. The van der Waals surface area contributed by atoms with Gasteiger partial charge in [-0.2, -0.15) is 0 Å². The monoisotopic (exact) mass is 322 g/mol. The Balaban J connectivity index is 1.55. The molecule has 21 heavy (non-hydrogen) atoms. The number of nitrogens with one attached hydrogen (secondary N) is 1. The fourth-order valence-corrected chi connectivity index (χ4v) is 3.75. The Labute approximate surface area is 133 Å². The summed E-state index contributed by atoms with van der Waals surface area (Å²) in [6, 6.07) is 6.32. The zero-order valence-corrected chi connectivity index (χ0v) is 13.4. The summed E-state index contributed by atoms with van der Waals surface area (Å²) in [5.41, 5.74) is 6.88. The highest BCUT2D eigenvalue weighted by Gasteiger charge is 2.14. The molecule has 0 bridgehead atoms. The fraction of sp³-hybridized carbons (Fsp3) is 0.467. The van der Waals surface area contributed by atoms with Crippen molar-refractivity contribution in [3.8, 4) is 0 Å². The van der Waals surface area contributed by atoms with Crippen LogP contribution in [-0.2, 0) is 6.42 Å². The molecule has 1 fully saturated rings. The molecule has 3 rings (SSSR count). The summed E-state index contributed by atoms with van der Waals surface area (Å²) >= 11 is 7.66. The number of guanidine groups is 1. The molecule has 2 aromatic rings. The normalized spacial score (nSPS) is 16.7. The average molecular weight is 323 g/mol. The van der Waals surface area contributed by atoms with Gasteiger partial charge in [-0.1, -0.05) is 24.4 Å². The van der Waals surface area contributed by atoms with Crippen LogP contribution in [0.2, 0.25) is 5.02 Å². The molecule has 6 heteroatoms. The summed E-state index contributed by atoms with van der Waals surface area (Å²) < 4.78 is 1.16. The number of benzene rings is 1. The largest absolute Gasteiger partial charge is 0.370 e. The maximum atomic E-state index is 5.97. The molecular formula is C15H19ClN4S. The van der Waals surface area contributed by atoms with Gasteiger partial charge in [-0.3, -0.25) is 4.99 Å². The van der Waals surface area contributed by atoms with Gasteiger partial charge >= 0.3 is 0 Å². The van der Waals surface area contributed by atoms with Gasteiger partial charge in [0.1, 0.15) is 0 Å². The number of thiazole rings is 1. The summed E-state index contributed by atoms with van der Waals surface area (Å²) in [5, 5.41) is 5.09. The molecular weight excluding hydrogens is 304 g/mol. The van der Waals surface area contributed by atoms with E-state index < -0.39 is 0 Å². The minimum absolute atomic E-state index is 0.512. The molecule has 1 aliphatic carbocycles. The van der Waals surface area contributed by atoms with Crippen molar-refractivity contribution in [1.82, 2.24) is 10.3 Å². The zero-order valence-electron chi connectivity index (χ0n) is 11.8. The van der Waals surface area contributed by atoms with Gasteiger partial charge in [-0.15, -0.1) is 11.3 Å². The van der Waals surface area contributed by atoms with Gasteiger partial charge in [0, 0.05) is 24.0 Å². The molecule has 1 aliphatic rings. The molecule has 4 nitrogen and oxygen atoms in total. The molecule has 0 radical (unpaired) electrons. The second-order valence-corrected chi connectivity index (χ2v) is 6.91. The predicted octanol–water partition coefficient (Wildman–Crippen LogP) is 3.34. The Morgan fingerprint density at radius 3 is 3.05 bits per heavy atom. The third kappa shape index (κ3) is 3.86. The third-order valence-electron chi connectivity index (χ3n) is 3.71. The third-order valence-corrected chi connectivity index (χ3v) is 5.04. The van der Waals surface area contributed by atoms with E-state index in [-0.39, 0.29) is 0 Å². The molecule has 1 aromatic heterocycles. The van der Waals surface area contributed by atoms with Gasteiger partial charge in [0.25, 0.3) is 0 Å². The van der Waals surface area contributed by atoms with Crippen LogP contribution in [0.3, 0.4) is 0 Å². The van der Waals surface area contributed by atoms with Crippen LogP contribution in [0.1, 0.15) is 30.7 Å². The molecule has 0 amide bonds. The first-order chi connectivity index (χ1) is 10.2. The van der Waals surface area contributed by atoms with Crippen molar-refractivity contribution in [3.05, 3.63) is 28.2 Å². The van der Waals surface area contributed by atoms with Crippen LogP contribution in [0.4, 0.5) is 0 Å². The molecule has 0 unspecified atom stereocenters. The van der Waals surface area contributed by atoms with Gasteiger partial charge in [0.05, 0.1) is 15.2 Å². The molecule has 3 N–H and O–H groups in total. The van der Waals surface area contributed by atoms with Gasteiger partial charge < -0.3 is 11.1 Å².